The number of piperazine rings is 1. The summed E-state index contributed by atoms with van der Waals surface area (Å²) in [5, 5.41) is 3.30. The van der Waals surface area contributed by atoms with Gasteiger partial charge in [0.1, 0.15) is 11.9 Å². The van der Waals surface area contributed by atoms with Crippen molar-refractivity contribution in [1.82, 2.24) is 20.0 Å². The summed E-state index contributed by atoms with van der Waals surface area (Å²) in [6.45, 7) is 4.65. The molecule has 180 valence electrons. The standard InChI is InChI=1S/C26H37FN4O2/c27-21-8-6-20(7-9-21)25(32)31-18-23(16-24(31)26(33)29-14-12-28-13-15-29)30(22-10-11-22)17-19-4-2-1-3-5-19/h6-9,19,22-24,28H,1-5,10-18H2. The van der Waals surface area contributed by atoms with Crippen molar-refractivity contribution in [2.75, 3.05) is 39.3 Å². The Morgan fingerprint density at radius 2 is 1.67 bits per heavy atom. The molecule has 2 atom stereocenters. The Balaban J connectivity index is 1.36. The van der Waals surface area contributed by atoms with Crippen molar-refractivity contribution in [2.45, 2.75) is 69.5 Å². The van der Waals surface area contributed by atoms with E-state index in [0.29, 0.717) is 37.7 Å². The number of carbonyl (C=O) groups excluding carboxylic acids is 2. The molecule has 2 heterocycles. The van der Waals surface area contributed by atoms with Gasteiger partial charge in [-0.3, -0.25) is 14.5 Å². The van der Waals surface area contributed by atoms with E-state index in [-0.39, 0.29) is 23.7 Å². The second-order valence-corrected chi connectivity index (χ2v) is 10.4. The highest BCUT2D eigenvalue weighted by molar-refractivity contribution is 5.98. The maximum absolute atomic E-state index is 13.6. The van der Waals surface area contributed by atoms with Crippen LogP contribution in [0.2, 0.25) is 0 Å². The Morgan fingerprint density at radius 1 is 0.970 bits per heavy atom. The summed E-state index contributed by atoms with van der Waals surface area (Å²) in [6, 6.07) is 6.13. The van der Waals surface area contributed by atoms with Crippen LogP contribution in [0.3, 0.4) is 0 Å². The van der Waals surface area contributed by atoms with E-state index in [9.17, 15) is 14.0 Å². The SMILES string of the molecule is O=C(C1CC(N(CC2CCCCC2)C2CC2)CN1C(=O)c1ccc(F)cc1)N1CCNCC1. The molecule has 2 unspecified atom stereocenters. The monoisotopic (exact) mass is 456 g/mol. The van der Waals surface area contributed by atoms with Crippen molar-refractivity contribution in [3.63, 3.8) is 0 Å². The summed E-state index contributed by atoms with van der Waals surface area (Å²) < 4.78 is 13.5. The van der Waals surface area contributed by atoms with Crippen LogP contribution in [0.1, 0.15) is 61.7 Å². The van der Waals surface area contributed by atoms with Gasteiger partial charge in [0.05, 0.1) is 0 Å². The Bertz CT molecular complexity index is 831. The third-order valence-corrected chi connectivity index (χ3v) is 8.02. The number of hydrogen-bond acceptors (Lipinski definition) is 4. The molecule has 1 N–H and O–H groups in total. The largest absolute Gasteiger partial charge is 0.338 e. The van der Waals surface area contributed by atoms with Crippen LogP contribution in [0, 0.1) is 11.7 Å². The van der Waals surface area contributed by atoms with E-state index in [0.717, 1.165) is 25.6 Å². The van der Waals surface area contributed by atoms with Crippen LogP contribution in [0.5, 0.6) is 0 Å². The van der Waals surface area contributed by atoms with Gasteiger partial charge in [-0.15, -0.1) is 0 Å². The summed E-state index contributed by atoms with van der Waals surface area (Å²) in [7, 11) is 0. The van der Waals surface area contributed by atoms with Crippen LogP contribution in [-0.2, 0) is 4.79 Å². The summed E-state index contributed by atoms with van der Waals surface area (Å²) in [5.41, 5.74) is 0.459. The van der Waals surface area contributed by atoms with Gasteiger partial charge in [0.15, 0.2) is 0 Å². The van der Waals surface area contributed by atoms with Gasteiger partial charge in [0.2, 0.25) is 5.91 Å². The zero-order valence-electron chi connectivity index (χ0n) is 19.6. The van der Waals surface area contributed by atoms with Gasteiger partial charge in [-0.1, -0.05) is 19.3 Å². The molecule has 2 saturated carbocycles. The number of benzene rings is 1. The van der Waals surface area contributed by atoms with E-state index in [2.05, 4.69) is 10.2 Å². The molecular weight excluding hydrogens is 419 g/mol. The van der Waals surface area contributed by atoms with E-state index in [1.807, 2.05) is 4.90 Å². The molecule has 4 fully saturated rings. The molecule has 2 amide bonds. The van der Waals surface area contributed by atoms with Crippen molar-refractivity contribution >= 4 is 11.8 Å². The third-order valence-electron chi connectivity index (χ3n) is 8.02. The van der Waals surface area contributed by atoms with E-state index in [1.54, 1.807) is 4.90 Å². The third kappa shape index (κ3) is 5.24. The number of nitrogens with zero attached hydrogens (tertiary/aromatic N) is 3. The molecule has 1 aromatic carbocycles. The van der Waals surface area contributed by atoms with E-state index < -0.39 is 6.04 Å². The number of carbonyl (C=O) groups is 2. The zero-order chi connectivity index (χ0) is 22.8. The topological polar surface area (TPSA) is 55.9 Å². The predicted molar refractivity (Wildman–Crippen MR) is 125 cm³/mol. The van der Waals surface area contributed by atoms with Crippen LogP contribution >= 0.6 is 0 Å². The van der Waals surface area contributed by atoms with Gasteiger partial charge in [-0.25, -0.2) is 4.39 Å². The predicted octanol–water partition coefficient (Wildman–Crippen LogP) is 2.89. The molecule has 2 aliphatic carbocycles. The molecule has 0 aromatic heterocycles. The fraction of sp³-hybridized carbons (Fsp3) is 0.692. The van der Waals surface area contributed by atoms with Gasteiger partial charge in [-0.2, -0.15) is 0 Å². The van der Waals surface area contributed by atoms with Gasteiger partial charge < -0.3 is 15.1 Å². The van der Waals surface area contributed by atoms with Gasteiger partial charge >= 0.3 is 0 Å². The summed E-state index contributed by atoms with van der Waals surface area (Å²) in [6.07, 6.45) is 9.77. The average Bonchev–Trinajstić information content (AvgIpc) is 3.61. The maximum Gasteiger partial charge on any atom is 0.254 e. The molecule has 4 aliphatic rings. The minimum atomic E-state index is -0.432. The molecule has 0 radical (unpaired) electrons. The fourth-order valence-corrected chi connectivity index (χ4v) is 6.04. The maximum atomic E-state index is 13.6. The molecule has 7 heteroatoms. The van der Waals surface area contributed by atoms with Crippen molar-refractivity contribution in [3.8, 4) is 0 Å². The molecule has 33 heavy (non-hydrogen) atoms. The molecule has 5 rings (SSSR count). The number of amides is 2. The number of nitrogens with one attached hydrogen (secondary N) is 1. The van der Waals surface area contributed by atoms with Crippen LogP contribution < -0.4 is 5.32 Å². The van der Waals surface area contributed by atoms with Crippen molar-refractivity contribution in [3.05, 3.63) is 35.6 Å². The molecular formula is C26H37FN4O2. The Morgan fingerprint density at radius 3 is 2.33 bits per heavy atom. The highest BCUT2D eigenvalue weighted by Gasteiger charge is 2.46. The Hall–Kier alpha value is -1.99. The van der Waals surface area contributed by atoms with Crippen LogP contribution in [0.15, 0.2) is 24.3 Å². The minimum Gasteiger partial charge on any atom is -0.338 e. The van der Waals surface area contributed by atoms with Crippen LogP contribution in [0.4, 0.5) is 4.39 Å². The summed E-state index contributed by atoms with van der Waals surface area (Å²) >= 11 is 0. The fourth-order valence-electron chi connectivity index (χ4n) is 6.04. The first-order valence-corrected chi connectivity index (χ1v) is 12.9. The first-order valence-electron chi connectivity index (χ1n) is 12.9. The summed E-state index contributed by atoms with van der Waals surface area (Å²) in [4.78, 5) is 33.4. The highest BCUT2D eigenvalue weighted by Crippen LogP contribution is 2.37. The molecule has 2 saturated heterocycles. The van der Waals surface area contributed by atoms with Crippen molar-refractivity contribution in [2.24, 2.45) is 5.92 Å². The normalized spacial score (nSPS) is 26.7. The van der Waals surface area contributed by atoms with Gasteiger partial charge in [-0.05, 0) is 62.3 Å². The summed E-state index contributed by atoms with van der Waals surface area (Å²) in [5.74, 6) is 0.303. The smallest absolute Gasteiger partial charge is 0.254 e. The van der Waals surface area contributed by atoms with Gasteiger partial charge in [0, 0.05) is 56.9 Å². The lowest BCUT2D eigenvalue weighted by molar-refractivity contribution is -0.135. The lowest BCUT2D eigenvalue weighted by atomic mass is 9.88. The minimum absolute atomic E-state index is 0.0721. The molecule has 0 bridgehead atoms. The second kappa shape index (κ2) is 10.1. The number of hydrogen-bond donors (Lipinski definition) is 1. The average molecular weight is 457 g/mol. The Labute approximate surface area is 196 Å². The Kier molecular flexibility index (Phi) is 6.97. The number of rotatable bonds is 6. The van der Waals surface area contributed by atoms with E-state index >= 15 is 0 Å². The van der Waals surface area contributed by atoms with E-state index in [1.165, 1.54) is 69.2 Å². The molecule has 1 aromatic rings. The van der Waals surface area contributed by atoms with Crippen molar-refractivity contribution < 1.29 is 14.0 Å². The number of likely N-dealkylation sites (tertiary alicyclic amines) is 1. The molecule has 2 aliphatic heterocycles. The quantitative estimate of drug-likeness (QED) is 0.715. The first kappa shape index (κ1) is 22.8. The zero-order valence-corrected chi connectivity index (χ0v) is 19.6. The van der Waals surface area contributed by atoms with Gasteiger partial charge in [0.25, 0.3) is 5.91 Å². The molecule has 0 spiro atoms. The lowest BCUT2D eigenvalue weighted by Crippen LogP contribution is -2.53. The van der Waals surface area contributed by atoms with Crippen LogP contribution in [-0.4, -0.2) is 83.9 Å². The van der Waals surface area contributed by atoms with Crippen molar-refractivity contribution in [1.29, 1.82) is 0 Å². The first-order chi connectivity index (χ1) is 16.1. The second-order valence-electron chi connectivity index (χ2n) is 10.4. The van der Waals surface area contributed by atoms with E-state index in [4.69, 9.17) is 0 Å². The lowest BCUT2D eigenvalue weighted by Gasteiger charge is -2.34. The number of halogens is 1. The highest BCUT2D eigenvalue weighted by atomic mass is 19.1. The molecule has 6 nitrogen and oxygen atoms in total. The van der Waals surface area contributed by atoms with Crippen LogP contribution in [0.25, 0.3) is 0 Å².